The lowest BCUT2D eigenvalue weighted by Gasteiger charge is -2.15. The third kappa shape index (κ3) is 3.53. The molecule has 0 aliphatic carbocycles. The number of rotatable bonds is 5. The summed E-state index contributed by atoms with van der Waals surface area (Å²) in [5.41, 5.74) is 5.02. The molecule has 0 fully saturated rings. The van der Waals surface area contributed by atoms with E-state index in [1.54, 1.807) is 6.20 Å². The maximum atomic E-state index is 5.82. The Morgan fingerprint density at radius 1 is 1.17 bits per heavy atom. The Hall–Kier alpha value is -1.42. The van der Waals surface area contributed by atoms with Crippen molar-refractivity contribution >= 4 is 11.6 Å². The van der Waals surface area contributed by atoms with Gasteiger partial charge in [0.15, 0.2) is 0 Å². The van der Waals surface area contributed by atoms with Gasteiger partial charge in [-0.05, 0) is 30.5 Å². The molecule has 18 heavy (non-hydrogen) atoms. The molecule has 0 aliphatic rings. The van der Waals surface area contributed by atoms with Gasteiger partial charge < -0.3 is 0 Å². The SMILES string of the molecule is NNC(CCc1ccccc1)c1ccc(Cl)cn1. The van der Waals surface area contributed by atoms with Gasteiger partial charge in [0.1, 0.15) is 0 Å². The Morgan fingerprint density at radius 3 is 2.56 bits per heavy atom. The lowest BCUT2D eigenvalue weighted by atomic mass is 10.0. The molecule has 1 aromatic heterocycles. The maximum absolute atomic E-state index is 5.82. The highest BCUT2D eigenvalue weighted by atomic mass is 35.5. The third-order valence-electron chi connectivity index (χ3n) is 2.87. The molecule has 2 aromatic rings. The Kier molecular flexibility index (Phi) is 4.70. The molecule has 94 valence electrons. The van der Waals surface area contributed by atoms with E-state index < -0.39 is 0 Å². The normalized spacial score (nSPS) is 12.3. The highest BCUT2D eigenvalue weighted by Crippen LogP contribution is 2.18. The highest BCUT2D eigenvalue weighted by Gasteiger charge is 2.10. The number of halogens is 1. The molecule has 1 unspecified atom stereocenters. The number of pyridine rings is 1. The lowest BCUT2D eigenvalue weighted by Crippen LogP contribution is -2.29. The zero-order valence-corrected chi connectivity index (χ0v) is 10.8. The van der Waals surface area contributed by atoms with Crippen molar-refractivity contribution in [1.82, 2.24) is 10.4 Å². The molecule has 0 radical (unpaired) electrons. The Balaban J connectivity index is 1.99. The van der Waals surface area contributed by atoms with Crippen molar-refractivity contribution in [2.24, 2.45) is 5.84 Å². The molecule has 0 amide bonds. The number of hydrogen-bond acceptors (Lipinski definition) is 3. The van der Waals surface area contributed by atoms with Crippen LogP contribution >= 0.6 is 11.6 Å². The van der Waals surface area contributed by atoms with Crippen LogP contribution in [0, 0.1) is 0 Å². The van der Waals surface area contributed by atoms with Crippen LogP contribution in [-0.2, 0) is 6.42 Å². The molecular formula is C14H16ClN3. The fourth-order valence-corrected chi connectivity index (χ4v) is 1.98. The standard InChI is InChI=1S/C14H16ClN3/c15-12-7-9-13(17-10-12)14(18-16)8-6-11-4-2-1-3-5-11/h1-5,7,9-10,14,18H,6,8,16H2. The van der Waals surface area contributed by atoms with Crippen LogP contribution in [-0.4, -0.2) is 4.98 Å². The van der Waals surface area contributed by atoms with Gasteiger partial charge in [0.2, 0.25) is 0 Å². The number of hydrazine groups is 1. The van der Waals surface area contributed by atoms with Gasteiger partial charge in [-0.1, -0.05) is 41.9 Å². The van der Waals surface area contributed by atoms with E-state index in [0.717, 1.165) is 18.5 Å². The number of benzene rings is 1. The van der Waals surface area contributed by atoms with Gasteiger partial charge in [-0.15, -0.1) is 0 Å². The molecule has 0 saturated carbocycles. The summed E-state index contributed by atoms with van der Waals surface area (Å²) in [6.07, 6.45) is 3.50. The number of nitrogens with two attached hydrogens (primary N) is 1. The van der Waals surface area contributed by atoms with Gasteiger partial charge >= 0.3 is 0 Å². The zero-order chi connectivity index (χ0) is 12.8. The summed E-state index contributed by atoms with van der Waals surface area (Å²) >= 11 is 5.82. The van der Waals surface area contributed by atoms with Gasteiger partial charge in [0.25, 0.3) is 0 Å². The van der Waals surface area contributed by atoms with E-state index >= 15 is 0 Å². The number of hydrogen-bond donors (Lipinski definition) is 2. The average molecular weight is 262 g/mol. The van der Waals surface area contributed by atoms with Crippen LogP contribution < -0.4 is 11.3 Å². The summed E-state index contributed by atoms with van der Waals surface area (Å²) in [4.78, 5) is 4.29. The van der Waals surface area contributed by atoms with Crippen molar-refractivity contribution in [2.75, 3.05) is 0 Å². The number of nitrogens with zero attached hydrogens (tertiary/aromatic N) is 1. The van der Waals surface area contributed by atoms with E-state index in [1.165, 1.54) is 5.56 Å². The Labute approximate surface area is 112 Å². The predicted molar refractivity (Wildman–Crippen MR) is 74.1 cm³/mol. The molecule has 2 rings (SSSR count). The van der Waals surface area contributed by atoms with Gasteiger partial charge in [-0.2, -0.15) is 0 Å². The van der Waals surface area contributed by atoms with E-state index in [9.17, 15) is 0 Å². The molecule has 3 N–H and O–H groups in total. The first-order chi connectivity index (χ1) is 8.79. The van der Waals surface area contributed by atoms with Crippen molar-refractivity contribution < 1.29 is 0 Å². The second-order valence-electron chi connectivity index (χ2n) is 4.14. The minimum absolute atomic E-state index is 0.0440. The molecule has 0 bridgehead atoms. The van der Waals surface area contributed by atoms with E-state index in [2.05, 4.69) is 22.5 Å². The molecular weight excluding hydrogens is 246 g/mol. The first kappa shape index (κ1) is 13.0. The second kappa shape index (κ2) is 6.50. The molecule has 1 atom stereocenters. The fraction of sp³-hybridized carbons (Fsp3) is 0.214. The highest BCUT2D eigenvalue weighted by molar-refractivity contribution is 6.30. The molecule has 3 nitrogen and oxygen atoms in total. The topological polar surface area (TPSA) is 50.9 Å². The summed E-state index contributed by atoms with van der Waals surface area (Å²) in [7, 11) is 0. The summed E-state index contributed by atoms with van der Waals surface area (Å²) in [6.45, 7) is 0. The predicted octanol–water partition coefficient (Wildman–Crippen LogP) is 2.87. The molecule has 0 spiro atoms. The average Bonchev–Trinajstić information content (AvgIpc) is 2.42. The lowest BCUT2D eigenvalue weighted by molar-refractivity contribution is 0.504. The number of aromatic nitrogens is 1. The number of nitrogens with one attached hydrogen (secondary N) is 1. The largest absolute Gasteiger partial charge is 0.271 e. The molecule has 4 heteroatoms. The van der Waals surface area contributed by atoms with E-state index in [0.29, 0.717) is 5.02 Å². The third-order valence-corrected chi connectivity index (χ3v) is 3.10. The van der Waals surface area contributed by atoms with Crippen LogP contribution in [0.2, 0.25) is 5.02 Å². The Morgan fingerprint density at radius 2 is 1.94 bits per heavy atom. The maximum Gasteiger partial charge on any atom is 0.0635 e. The van der Waals surface area contributed by atoms with Gasteiger partial charge in [0, 0.05) is 6.20 Å². The van der Waals surface area contributed by atoms with Gasteiger partial charge in [-0.25, -0.2) is 0 Å². The van der Waals surface area contributed by atoms with Gasteiger partial charge in [0.05, 0.1) is 16.8 Å². The first-order valence-corrected chi connectivity index (χ1v) is 6.29. The van der Waals surface area contributed by atoms with Crippen molar-refractivity contribution in [2.45, 2.75) is 18.9 Å². The Bertz CT molecular complexity index is 470. The minimum Gasteiger partial charge on any atom is -0.271 e. The first-order valence-electron chi connectivity index (χ1n) is 5.91. The molecule has 1 heterocycles. The van der Waals surface area contributed by atoms with Crippen LogP contribution in [0.5, 0.6) is 0 Å². The van der Waals surface area contributed by atoms with Crippen molar-refractivity contribution in [3.63, 3.8) is 0 Å². The summed E-state index contributed by atoms with van der Waals surface area (Å²) in [5.74, 6) is 5.58. The van der Waals surface area contributed by atoms with Crippen LogP contribution in [0.25, 0.3) is 0 Å². The van der Waals surface area contributed by atoms with Crippen LogP contribution in [0.3, 0.4) is 0 Å². The van der Waals surface area contributed by atoms with E-state index in [-0.39, 0.29) is 6.04 Å². The number of aryl methyl sites for hydroxylation is 1. The van der Waals surface area contributed by atoms with Crippen LogP contribution in [0.1, 0.15) is 23.7 Å². The zero-order valence-electron chi connectivity index (χ0n) is 10.0. The van der Waals surface area contributed by atoms with Crippen LogP contribution in [0.15, 0.2) is 48.7 Å². The van der Waals surface area contributed by atoms with Gasteiger partial charge in [-0.3, -0.25) is 16.3 Å². The van der Waals surface area contributed by atoms with E-state index in [4.69, 9.17) is 17.4 Å². The van der Waals surface area contributed by atoms with Crippen molar-refractivity contribution in [3.05, 3.63) is 64.9 Å². The quantitative estimate of drug-likeness (QED) is 0.643. The fourth-order valence-electron chi connectivity index (χ4n) is 1.87. The smallest absolute Gasteiger partial charge is 0.0635 e. The molecule has 1 aromatic carbocycles. The van der Waals surface area contributed by atoms with Crippen LogP contribution in [0.4, 0.5) is 0 Å². The summed E-state index contributed by atoms with van der Waals surface area (Å²) in [6, 6.07) is 14.1. The van der Waals surface area contributed by atoms with Crippen molar-refractivity contribution in [3.8, 4) is 0 Å². The summed E-state index contributed by atoms with van der Waals surface area (Å²) in [5, 5.41) is 0.637. The summed E-state index contributed by atoms with van der Waals surface area (Å²) < 4.78 is 0. The molecule has 0 saturated heterocycles. The second-order valence-corrected chi connectivity index (χ2v) is 4.58. The molecule has 0 aliphatic heterocycles. The van der Waals surface area contributed by atoms with Crippen molar-refractivity contribution in [1.29, 1.82) is 0 Å². The van der Waals surface area contributed by atoms with E-state index in [1.807, 2.05) is 30.3 Å². The minimum atomic E-state index is 0.0440. The monoisotopic (exact) mass is 261 g/mol.